The Bertz CT molecular complexity index is 1260. The number of anilines is 3. The van der Waals surface area contributed by atoms with Gasteiger partial charge in [0.25, 0.3) is 10.0 Å². The highest BCUT2D eigenvalue weighted by Gasteiger charge is 2.30. The molecular formula is C23H20F3N3O3S. The van der Waals surface area contributed by atoms with Crippen molar-refractivity contribution >= 4 is 33.1 Å². The van der Waals surface area contributed by atoms with Crippen LogP contribution in [0.1, 0.15) is 17.5 Å². The van der Waals surface area contributed by atoms with Crippen LogP contribution in [0.3, 0.4) is 0 Å². The number of alkyl halides is 3. The molecule has 2 amide bonds. The summed E-state index contributed by atoms with van der Waals surface area (Å²) in [6.07, 6.45) is -3.09. The van der Waals surface area contributed by atoms with Gasteiger partial charge in [-0.25, -0.2) is 13.2 Å². The van der Waals surface area contributed by atoms with E-state index in [0.29, 0.717) is 30.8 Å². The Morgan fingerprint density at radius 2 is 1.52 bits per heavy atom. The average molecular weight is 475 g/mol. The number of sulfonamides is 1. The SMILES string of the molecule is O=C(Nc1ccc(C(F)(F)F)cc1)Nc1ccc2c(c1)N(S(=O)(=O)c1ccccc1)CCC2. The summed E-state index contributed by atoms with van der Waals surface area (Å²) < 4.78 is 65.7. The van der Waals surface area contributed by atoms with Gasteiger partial charge in [-0.3, -0.25) is 4.31 Å². The molecule has 1 heterocycles. The zero-order chi connectivity index (χ0) is 23.6. The first-order chi connectivity index (χ1) is 15.6. The minimum atomic E-state index is -4.46. The molecule has 1 aliphatic heterocycles. The van der Waals surface area contributed by atoms with Crippen molar-refractivity contribution in [1.82, 2.24) is 0 Å². The van der Waals surface area contributed by atoms with E-state index in [1.807, 2.05) is 0 Å². The molecule has 172 valence electrons. The lowest BCUT2D eigenvalue weighted by atomic mass is 10.0. The van der Waals surface area contributed by atoms with Crippen molar-refractivity contribution in [3.05, 3.63) is 83.9 Å². The topological polar surface area (TPSA) is 78.5 Å². The summed E-state index contributed by atoms with van der Waals surface area (Å²) in [5.74, 6) is 0. The van der Waals surface area contributed by atoms with E-state index in [1.165, 1.54) is 16.4 Å². The Hall–Kier alpha value is -3.53. The van der Waals surface area contributed by atoms with Gasteiger partial charge in [-0.2, -0.15) is 13.2 Å². The number of aryl methyl sites for hydroxylation is 1. The first-order valence-electron chi connectivity index (χ1n) is 10.1. The summed E-state index contributed by atoms with van der Waals surface area (Å²) in [6.45, 7) is 0.311. The second-order valence-electron chi connectivity index (χ2n) is 7.49. The molecule has 6 nitrogen and oxygen atoms in total. The van der Waals surface area contributed by atoms with Crippen LogP contribution in [-0.2, 0) is 22.6 Å². The first kappa shape index (κ1) is 22.7. The van der Waals surface area contributed by atoms with Gasteiger partial charge in [0, 0.05) is 17.9 Å². The smallest absolute Gasteiger partial charge is 0.308 e. The molecule has 0 aliphatic carbocycles. The van der Waals surface area contributed by atoms with Crippen molar-refractivity contribution in [1.29, 1.82) is 0 Å². The summed E-state index contributed by atoms with van der Waals surface area (Å²) in [4.78, 5) is 12.5. The molecule has 0 atom stereocenters. The number of hydrogen-bond acceptors (Lipinski definition) is 3. The summed E-state index contributed by atoms with van der Waals surface area (Å²) in [5, 5.41) is 5.07. The number of halogens is 3. The number of rotatable bonds is 4. The Labute approximate surface area is 189 Å². The molecule has 10 heteroatoms. The van der Waals surface area contributed by atoms with Crippen LogP contribution >= 0.6 is 0 Å². The number of amides is 2. The van der Waals surface area contributed by atoms with E-state index >= 15 is 0 Å². The van der Waals surface area contributed by atoms with Gasteiger partial charge in [0.1, 0.15) is 0 Å². The van der Waals surface area contributed by atoms with Gasteiger partial charge >= 0.3 is 12.2 Å². The summed E-state index contributed by atoms with van der Waals surface area (Å²) in [5.41, 5.74) is 1.05. The maximum Gasteiger partial charge on any atom is 0.416 e. The van der Waals surface area contributed by atoms with Crippen molar-refractivity contribution in [2.24, 2.45) is 0 Å². The van der Waals surface area contributed by atoms with Crippen LogP contribution in [-0.4, -0.2) is 21.0 Å². The summed E-state index contributed by atoms with van der Waals surface area (Å²) in [7, 11) is -3.77. The molecule has 3 aromatic rings. The number of benzene rings is 3. The predicted molar refractivity (Wildman–Crippen MR) is 120 cm³/mol. The van der Waals surface area contributed by atoms with Gasteiger partial charge in [-0.05, 0) is 66.9 Å². The highest BCUT2D eigenvalue weighted by Crippen LogP contribution is 2.34. The molecule has 2 N–H and O–H groups in total. The second kappa shape index (κ2) is 8.78. The molecule has 4 rings (SSSR count). The Morgan fingerprint density at radius 3 is 2.18 bits per heavy atom. The second-order valence-corrected chi connectivity index (χ2v) is 9.35. The zero-order valence-corrected chi connectivity index (χ0v) is 18.1. The molecule has 33 heavy (non-hydrogen) atoms. The number of fused-ring (bicyclic) bond motifs is 1. The third kappa shape index (κ3) is 4.95. The van der Waals surface area contributed by atoms with E-state index in [0.717, 1.165) is 29.8 Å². The van der Waals surface area contributed by atoms with Crippen molar-refractivity contribution in [3.63, 3.8) is 0 Å². The third-order valence-electron chi connectivity index (χ3n) is 5.22. The largest absolute Gasteiger partial charge is 0.416 e. The molecule has 0 spiro atoms. The lowest BCUT2D eigenvalue weighted by Gasteiger charge is -2.31. The van der Waals surface area contributed by atoms with E-state index in [9.17, 15) is 26.4 Å². The molecule has 0 saturated carbocycles. The summed E-state index contributed by atoms with van der Waals surface area (Å²) in [6, 6.07) is 16.5. The Balaban J connectivity index is 1.53. The Morgan fingerprint density at radius 1 is 0.879 bits per heavy atom. The van der Waals surface area contributed by atoms with Crippen molar-refractivity contribution in [3.8, 4) is 0 Å². The first-order valence-corrected chi connectivity index (χ1v) is 11.5. The van der Waals surface area contributed by atoms with Crippen LogP contribution in [0, 0.1) is 0 Å². The van der Waals surface area contributed by atoms with Crippen molar-refractivity contribution < 1.29 is 26.4 Å². The van der Waals surface area contributed by atoms with Crippen molar-refractivity contribution in [2.75, 3.05) is 21.5 Å². The molecular weight excluding hydrogens is 455 g/mol. The van der Waals surface area contributed by atoms with Crippen molar-refractivity contribution in [2.45, 2.75) is 23.9 Å². The van der Waals surface area contributed by atoms with Gasteiger partial charge in [0.15, 0.2) is 0 Å². The van der Waals surface area contributed by atoms with Gasteiger partial charge in [0.2, 0.25) is 0 Å². The number of urea groups is 1. The van der Waals surface area contributed by atoms with E-state index in [2.05, 4.69) is 10.6 Å². The van der Waals surface area contributed by atoms with Crippen LogP contribution in [0.4, 0.5) is 35.0 Å². The third-order valence-corrected chi connectivity index (χ3v) is 7.05. The monoisotopic (exact) mass is 475 g/mol. The van der Waals surface area contributed by atoms with Crippen LogP contribution in [0.5, 0.6) is 0 Å². The van der Waals surface area contributed by atoms with Gasteiger partial charge in [0.05, 0.1) is 16.1 Å². The average Bonchev–Trinajstić information content (AvgIpc) is 2.79. The highest BCUT2D eigenvalue weighted by molar-refractivity contribution is 7.92. The fraction of sp³-hybridized carbons (Fsp3) is 0.174. The molecule has 0 fully saturated rings. The van der Waals surface area contributed by atoms with E-state index in [-0.39, 0.29) is 10.6 Å². The van der Waals surface area contributed by atoms with Crippen LogP contribution < -0.4 is 14.9 Å². The zero-order valence-electron chi connectivity index (χ0n) is 17.3. The van der Waals surface area contributed by atoms with E-state index in [4.69, 9.17) is 0 Å². The van der Waals surface area contributed by atoms with Crippen LogP contribution in [0.2, 0.25) is 0 Å². The number of carbonyl (C=O) groups is 1. The quantitative estimate of drug-likeness (QED) is 0.524. The highest BCUT2D eigenvalue weighted by atomic mass is 32.2. The minimum absolute atomic E-state index is 0.177. The fourth-order valence-electron chi connectivity index (χ4n) is 3.62. The van der Waals surface area contributed by atoms with Gasteiger partial charge in [-0.15, -0.1) is 0 Å². The normalized spacial score (nSPS) is 13.8. The molecule has 0 aromatic heterocycles. The molecule has 0 radical (unpaired) electrons. The van der Waals surface area contributed by atoms with Gasteiger partial charge < -0.3 is 10.6 Å². The molecule has 1 aliphatic rings. The number of hydrogen-bond donors (Lipinski definition) is 2. The van der Waals surface area contributed by atoms with Crippen LogP contribution in [0.15, 0.2) is 77.7 Å². The molecule has 0 bridgehead atoms. The fourth-order valence-corrected chi connectivity index (χ4v) is 5.18. The van der Waals surface area contributed by atoms with Gasteiger partial charge in [-0.1, -0.05) is 24.3 Å². The standard InChI is InChI=1S/C23H20F3N3O3S/c24-23(25,26)17-9-12-18(13-10-17)27-22(30)28-19-11-8-16-5-4-14-29(21(16)15-19)33(31,32)20-6-2-1-3-7-20/h1-3,6-13,15H,4-5,14H2,(H2,27,28,30). The maximum atomic E-state index is 13.2. The maximum absolute atomic E-state index is 13.2. The molecule has 0 saturated heterocycles. The Kier molecular flexibility index (Phi) is 6.03. The lowest BCUT2D eigenvalue weighted by molar-refractivity contribution is -0.137. The summed E-state index contributed by atoms with van der Waals surface area (Å²) >= 11 is 0. The van der Waals surface area contributed by atoms with E-state index < -0.39 is 27.8 Å². The molecule has 0 unspecified atom stereocenters. The number of nitrogens with zero attached hydrogens (tertiary/aromatic N) is 1. The van der Waals surface area contributed by atoms with E-state index in [1.54, 1.807) is 36.4 Å². The number of nitrogens with one attached hydrogen (secondary N) is 2. The molecule has 3 aromatic carbocycles. The van der Waals surface area contributed by atoms with Crippen LogP contribution in [0.25, 0.3) is 0 Å². The lowest BCUT2D eigenvalue weighted by Crippen LogP contribution is -2.35. The number of carbonyl (C=O) groups excluding carboxylic acids is 1. The minimum Gasteiger partial charge on any atom is -0.308 e. The predicted octanol–water partition coefficient (Wildman–Crippen LogP) is 5.49.